The second-order valence-corrected chi connectivity index (χ2v) is 3.65. The molecule has 17 heavy (non-hydrogen) atoms. The molecule has 0 N–H and O–H groups in total. The Morgan fingerprint density at radius 3 is 2.53 bits per heavy atom. The van der Waals surface area contributed by atoms with Gasteiger partial charge in [-0.25, -0.2) is 13.8 Å². The highest BCUT2D eigenvalue weighted by Gasteiger charge is 2.13. The van der Waals surface area contributed by atoms with Crippen LogP contribution in [0.4, 0.5) is 8.78 Å². The van der Waals surface area contributed by atoms with Gasteiger partial charge in [-0.3, -0.25) is 4.79 Å². The van der Waals surface area contributed by atoms with Crippen molar-refractivity contribution >= 4 is 17.9 Å². The van der Waals surface area contributed by atoms with E-state index in [1.807, 2.05) is 0 Å². The summed E-state index contributed by atoms with van der Waals surface area (Å²) < 4.78 is 26.6. The third-order valence-electron chi connectivity index (χ3n) is 2.23. The maximum Gasteiger partial charge on any atom is 0.168 e. The van der Waals surface area contributed by atoms with Gasteiger partial charge in [0.05, 0.1) is 0 Å². The zero-order chi connectivity index (χ0) is 12.4. The molecule has 2 rings (SSSR count). The number of rotatable bonds is 2. The van der Waals surface area contributed by atoms with Gasteiger partial charge in [-0.15, -0.1) is 0 Å². The second kappa shape index (κ2) is 4.59. The standard InChI is InChI=1S/C12H6ClF2NO/c13-12-9(5-4-7(6-17)16-12)8-2-1-3-10(14)11(8)15/h1-6H. The van der Waals surface area contributed by atoms with Gasteiger partial charge in [0.1, 0.15) is 10.8 Å². The molecule has 0 aliphatic rings. The van der Waals surface area contributed by atoms with Crippen molar-refractivity contribution in [3.8, 4) is 11.1 Å². The van der Waals surface area contributed by atoms with Crippen LogP contribution in [-0.4, -0.2) is 11.3 Å². The van der Waals surface area contributed by atoms with E-state index < -0.39 is 11.6 Å². The van der Waals surface area contributed by atoms with Gasteiger partial charge in [0.2, 0.25) is 0 Å². The molecular formula is C12H6ClF2NO. The number of hydrogen-bond donors (Lipinski definition) is 0. The lowest BCUT2D eigenvalue weighted by molar-refractivity contribution is 0.111. The van der Waals surface area contributed by atoms with E-state index >= 15 is 0 Å². The minimum atomic E-state index is -0.991. The summed E-state index contributed by atoms with van der Waals surface area (Å²) in [6, 6.07) is 6.59. The SMILES string of the molecule is O=Cc1ccc(-c2cccc(F)c2F)c(Cl)n1. The number of hydrogen-bond acceptors (Lipinski definition) is 2. The lowest BCUT2D eigenvalue weighted by Crippen LogP contribution is -1.93. The molecule has 86 valence electrons. The molecule has 0 amide bonds. The molecule has 0 aliphatic carbocycles. The van der Waals surface area contributed by atoms with Crippen LogP contribution >= 0.6 is 11.6 Å². The first-order valence-corrected chi connectivity index (χ1v) is 5.07. The maximum absolute atomic E-state index is 13.5. The van der Waals surface area contributed by atoms with Crippen molar-refractivity contribution in [3.05, 3.63) is 52.8 Å². The molecule has 0 saturated heterocycles. The van der Waals surface area contributed by atoms with Crippen LogP contribution in [0.3, 0.4) is 0 Å². The van der Waals surface area contributed by atoms with Crippen LogP contribution in [-0.2, 0) is 0 Å². The summed E-state index contributed by atoms with van der Waals surface area (Å²) in [6.45, 7) is 0. The first kappa shape index (κ1) is 11.7. The molecule has 0 atom stereocenters. The summed E-state index contributed by atoms with van der Waals surface area (Å²) in [6.07, 6.45) is 0.525. The monoisotopic (exact) mass is 253 g/mol. The number of benzene rings is 1. The summed E-state index contributed by atoms with van der Waals surface area (Å²) in [7, 11) is 0. The van der Waals surface area contributed by atoms with Crippen molar-refractivity contribution in [1.82, 2.24) is 4.98 Å². The number of aromatic nitrogens is 1. The van der Waals surface area contributed by atoms with Crippen LogP contribution in [0.2, 0.25) is 5.15 Å². The minimum Gasteiger partial charge on any atom is -0.296 e. The van der Waals surface area contributed by atoms with Crippen LogP contribution in [0.25, 0.3) is 11.1 Å². The quantitative estimate of drug-likeness (QED) is 0.606. The van der Waals surface area contributed by atoms with Gasteiger partial charge in [0, 0.05) is 11.1 Å². The summed E-state index contributed by atoms with van der Waals surface area (Å²) in [4.78, 5) is 14.2. The zero-order valence-electron chi connectivity index (χ0n) is 8.45. The first-order valence-electron chi connectivity index (χ1n) is 4.69. The molecule has 0 spiro atoms. The van der Waals surface area contributed by atoms with Crippen molar-refractivity contribution in [2.45, 2.75) is 0 Å². The minimum absolute atomic E-state index is 0.0138. The summed E-state index contributed by atoms with van der Waals surface area (Å²) in [5.41, 5.74) is 0.393. The molecular weight excluding hydrogens is 248 g/mol. The van der Waals surface area contributed by atoms with E-state index in [1.54, 1.807) is 0 Å². The molecule has 0 saturated carbocycles. The highest BCUT2D eigenvalue weighted by molar-refractivity contribution is 6.32. The third kappa shape index (κ3) is 2.17. The van der Waals surface area contributed by atoms with E-state index in [0.717, 1.165) is 6.07 Å². The molecule has 2 aromatic rings. The van der Waals surface area contributed by atoms with Gasteiger partial charge >= 0.3 is 0 Å². The van der Waals surface area contributed by atoms with Crippen LogP contribution in [0, 0.1) is 11.6 Å². The Hall–Kier alpha value is -1.81. The molecule has 5 heteroatoms. The Morgan fingerprint density at radius 1 is 1.12 bits per heavy atom. The van der Waals surface area contributed by atoms with Gasteiger partial charge in [-0.2, -0.15) is 0 Å². The molecule has 0 radical (unpaired) electrons. The lowest BCUT2D eigenvalue weighted by Gasteiger charge is -2.06. The normalized spacial score (nSPS) is 10.3. The van der Waals surface area contributed by atoms with Gasteiger partial charge in [-0.05, 0) is 18.2 Å². The van der Waals surface area contributed by atoms with Gasteiger partial charge in [0.25, 0.3) is 0 Å². The van der Waals surface area contributed by atoms with Crippen LogP contribution < -0.4 is 0 Å². The first-order chi connectivity index (χ1) is 8.13. The van der Waals surface area contributed by atoms with Crippen LogP contribution in [0.1, 0.15) is 10.5 Å². The van der Waals surface area contributed by atoms with E-state index in [0.29, 0.717) is 6.29 Å². The molecule has 0 aliphatic heterocycles. The molecule has 1 aromatic carbocycles. The predicted octanol–water partition coefficient (Wildman–Crippen LogP) is 3.49. The van der Waals surface area contributed by atoms with Crippen molar-refractivity contribution in [2.75, 3.05) is 0 Å². The van der Waals surface area contributed by atoms with Gasteiger partial charge in [-0.1, -0.05) is 23.7 Å². The molecule has 1 aromatic heterocycles. The number of pyridine rings is 1. The average Bonchev–Trinajstić information content (AvgIpc) is 2.33. The number of aldehydes is 1. The maximum atomic E-state index is 13.5. The number of carbonyl (C=O) groups is 1. The number of nitrogens with zero attached hydrogens (tertiary/aromatic N) is 1. The largest absolute Gasteiger partial charge is 0.296 e. The zero-order valence-corrected chi connectivity index (χ0v) is 9.21. The fraction of sp³-hybridized carbons (Fsp3) is 0. The Morgan fingerprint density at radius 2 is 1.88 bits per heavy atom. The predicted molar refractivity (Wildman–Crippen MR) is 60.0 cm³/mol. The van der Waals surface area contributed by atoms with Gasteiger partial charge < -0.3 is 0 Å². The van der Waals surface area contributed by atoms with Crippen molar-refractivity contribution in [2.24, 2.45) is 0 Å². The fourth-order valence-electron chi connectivity index (χ4n) is 1.43. The molecule has 2 nitrogen and oxygen atoms in total. The summed E-state index contributed by atoms with van der Waals surface area (Å²) in [5, 5.41) is -0.0425. The number of halogens is 3. The molecule has 0 unspecified atom stereocenters. The Balaban J connectivity index is 2.61. The van der Waals surface area contributed by atoms with Crippen molar-refractivity contribution < 1.29 is 13.6 Å². The molecule has 0 bridgehead atoms. The van der Waals surface area contributed by atoms with E-state index in [9.17, 15) is 13.6 Å². The average molecular weight is 254 g/mol. The Bertz CT molecular complexity index is 587. The lowest BCUT2D eigenvalue weighted by atomic mass is 10.1. The third-order valence-corrected chi connectivity index (χ3v) is 2.52. The second-order valence-electron chi connectivity index (χ2n) is 3.29. The fourth-order valence-corrected chi connectivity index (χ4v) is 1.69. The molecule has 1 heterocycles. The Labute approximate surface area is 101 Å². The smallest absolute Gasteiger partial charge is 0.168 e. The highest BCUT2D eigenvalue weighted by Crippen LogP contribution is 2.29. The van der Waals surface area contributed by atoms with Crippen molar-refractivity contribution in [3.63, 3.8) is 0 Å². The van der Waals surface area contributed by atoms with E-state index in [2.05, 4.69) is 4.98 Å². The number of carbonyl (C=O) groups excluding carboxylic acids is 1. The van der Waals surface area contributed by atoms with Gasteiger partial charge in [0.15, 0.2) is 17.9 Å². The molecule has 0 fully saturated rings. The van der Waals surface area contributed by atoms with E-state index in [1.165, 1.54) is 24.3 Å². The highest BCUT2D eigenvalue weighted by atomic mass is 35.5. The van der Waals surface area contributed by atoms with Crippen LogP contribution in [0.5, 0.6) is 0 Å². The van der Waals surface area contributed by atoms with Crippen molar-refractivity contribution in [1.29, 1.82) is 0 Å². The van der Waals surface area contributed by atoms with E-state index in [-0.39, 0.29) is 22.0 Å². The summed E-state index contributed by atoms with van der Waals surface area (Å²) >= 11 is 5.81. The van der Waals surface area contributed by atoms with Crippen LogP contribution in [0.15, 0.2) is 30.3 Å². The Kier molecular flexibility index (Phi) is 3.15. The summed E-state index contributed by atoms with van der Waals surface area (Å²) in [5.74, 6) is -1.95. The topological polar surface area (TPSA) is 30.0 Å². The van der Waals surface area contributed by atoms with E-state index in [4.69, 9.17) is 11.6 Å².